The number of thioether (sulfide) groups is 1. The lowest BCUT2D eigenvalue weighted by molar-refractivity contribution is 0.322. The summed E-state index contributed by atoms with van der Waals surface area (Å²) in [6.07, 6.45) is 2.45. The second-order valence-electron chi connectivity index (χ2n) is 5.06. The number of rotatable bonds is 5. The second-order valence-corrected chi connectivity index (χ2v) is 6.74. The largest absolute Gasteiger partial charge is 0.491 e. The number of ether oxygens (including phenoxy) is 1. The molecule has 5 heteroatoms. The molecule has 0 amide bonds. The molecule has 1 aromatic carbocycles. The number of benzene rings is 1. The number of hydrogen-bond acceptors (Lipinski definition) is 4. The van der Waals surface area contributed by atoms with E-state index in [-0.39, 0.29) is 10.5 Å². The molecular weight excluding hydrogens is 263 g/mol. The molecule has 1 aromatic rings. The molecule has 0 saturated carbocycles. The molecule has 0 aromatic heterocycles. The van der Waals surface area contributed by atoms with Gasteiger partial charge in [-0.25, -0.2) is 4.39 Å². The highest BCUT2D eigenvalue weighted by Gasteiger charge is 2.29. The van der Waals surface area contributed by atoms with Crippen molar-refractivity contribution in [2.75, 3.05) is 30.0 Å². The number of nitrogen functional groups attached to an aromatic ring is 1. The van der Waals surface area contributed by atoms with Crippen LogP contribution in [0.2, 0.25) is 0 Å². The van der Waals surface area contributed by atoms with Crippen LogP contribution >= 0.6 is 11.8 Å². The van der Waals surface area contributed by atoms with Crippen LogP contribution in [0.25, 0.3) is 0 Å². The minimum absolute atomic E-state index is 0.243. The van der Waals surface area contributed by atoms with E-state index in [0.717, 1.165) is 12.2 Å². The van der Waals surface area contributed by atoms with Crippen LogP contribution < -0.4 is 15.8 Å². The third kappa shape index (κ3) is 3.47. The highest BCUT2D eigenvalue weighted by atomic mass is 32.2. The molecule has 19 heavy (non-hydrogen) atoms. The van der Waals surface area contributed by atoms with Gasteiger partial charge in [-0.15, -0.1) is 0 Å². The van der Waals surface area contributed by atoms with E-state index in [1.165, 1.54) is 24.7 Å². The summed E-state index contributed by atoms with van der Waals surface area (Å²) in [7, 11) is 0. The van der Waals surface area contributed by atoms with E-state index >= 15 is 0 Å². The molecule has 0 aliphatic carbocycles. The highest BCUT2D eigenvalue weighted by Crippen LogP contribution is 2.38. The van der Waals surface area contributed by atoms with E-state index in [0.29, 0.717) is 12.3 Å². The summed E-state index contributed by atoms with van der Waals surface area (Å²) >= 11 is 1.98. The van der Waals surface area contributed by atoms with E-state index in [9.17, 15) is 4.39 Å². The van der Waals surface area contributed by atoms with E-state index < -0.39 is 5.82 Å². The number of hydrogen-bond donors (Lipinski definition) is 2. The fourth-order valence-electron chi connectivity index (χ4n) is 2.25. The Labute approximate surface area is 118 Å². The number of anilines is 2. The van der Waals surface area contributed by atoms with Crippen molar-refractivity contribution in [2.45, 2.75) is 31.4 Å². The normalized spacial score (nSPS) is 22.5. The lowest BCUT2D eigenvalue weighted by Crippen LogP contribution is -2.27. The third-order valence-corrected chi connectivity index (χ3v) is 4.90. The smallest absolute Gasteiger partial charge is 0.167 e. The Balaban J connectivity index is 2.08. The van der Waals surface area contributed by atoms with E-state index in [4.69, 9.17) is 10.5 Å². The Morgan fingerprint density at radius 2 is 2.32 bits per heavy atom. The van der Waals surface area contributed by atoms with Crippen molar-refractivity contribution < 1.29 is 9.13 Å². The molecule has 106 valence electrons. The summed E-state index contributed by atoms with van der Waals surface area (Å²) in [5.74, 6) is 1.05. The number of nitrogens with one attached hydrogen (secondary N) is 1. The van der Waals surface area contributed by atoms with Crippen LogP contribution in [-0.4, -0.2) is 23.7 Å². The van der Waals surface area contributed by atoms with Gasteiger partial charge in [0.2, 0.25) is 0 Å². The summed E-state index contributed by atoms with van der Waals surface area (Å²) in [4.78, 5) is 0. The Morgan fingerprint density at radius 3 is 2.95 bits per heavy atom. The minimum atomic E-state index is -0.411. The topological polar surface area (TPSA) is 47.3 Å². The van der Waals surface area contributed by atoms with Crippen LogP contribution in [0.1, 0.15) is 26.7 Å². The van der Waals surface area contributed by atoms with Gasteiger partial charge in [0.25, 0.3) is 0 Å². The maximum absolute atomic E-state index is 13.6. The minimum Gasteiger partial charge on any atom is -0.491 e. The van der Waals surface area contributed by atoms with Gasteiger partial charge < -0.3 is 15.8 Å². The van der Waals surface area contributed by atoms with Gasteiger partial charge in [0.15, 0.2) is 11.6 Å². The van der Waals surface area contributed by atoms with Crippen LogP contribution in [0.5, 0.6) is 5.75 Å². The van der Waals surface area contributed by atoms with Crippen LogP contribution in [0, 0.1) is 5.82 Å². The fourth-order valence-corrected chi connectivity index (χ4v) is 3.49. The molecule has 0 bridgehead atoms. The lowest BCUT2D eigenvalue weighted by Gasteiger charge is -2.24. The Hall–Kier alpha value is -1.10. The Bertz CT molecular complexity index is 447. The first-order valence-electron chi connectivity index (χ1n) is 6.64. The first-order chi connectivity index (χ1) is 9.04. The van der Waals surface area contributed by atoms with Crippen molar-refractivity contribution in [1.29, 1.82) is 0 Å². The maximum Gasteiger partial charge on any atom is 0.167 e. The van der Waals surface area contributed by atoms with Crippen molar-refractivity contribution in [3.05, 3.63) is 17.9 Å². The van der Waals surface area contributed by atoms with Gasteiger partial charge in [-0.1, -0.05) is 0 Å². The summed E-state index contributed by atoms with van der Waals surface area (Å²) in [6, 6.07) is 2.97. The zero-order valence-corrected chi connectivity index (χ0v) is 12.3. The van der Waals surface area contributed by atoms with E-state index in [1.807, 2.05) is 18.7 Å². The molecule has 1 aliphatic rings. The van der Waals surface area contributed by atoms with Crippen molar-refractivity contribution in [1.82, 2.24) is 0 Å². The lowest BCUT2D eigenvalue weighted by atomic mass is 10.1. The van der Waals surface area contributed by atoms with Gasteiger partial charge in [0.1, 0.15) is 0 Å². The zero-order chi connectivity index (χ0) is 13.9. The van der Waals surface area contributed by atoms with Crippen molar-refractivity contribution in [2.24, 2.45) is 0 Å². The summed E-state index contributed by atoms with van der Waals surface area (Å²) in [5.41, 5.74) is 7.02. The average molecular weight is 284 g/mol. The molecule has 1 atom stereocenters. The predicted octanol–water partition coefficient (Wildman–Crippen LogP) is 3.50. The first kappa shape index (κ1) is 14.3. The molecule has 3 N–H and O–H groups in total. The fraction of sp³-hybridized carbons (Fsp3) is 0.571. The predicted molar refractivity (Wildman–Crippen MR) is 80.6 cm³/mol. The Kier molecular flexibility index (Phi) is 4.45. The van der Waals surface area contributed by atoms with Crippen molar-refractivity contribution in [3.63, 3.8) is 0 Å². The summed E-state index contributed by atoms with van der Waals surface area (Å²) < 4.78 is 19.1. The van der Waals surface area contributed by atoms with Gasteiger partial charge in [-0.2, -0.15) is 11.8 Å². The number of halogens is 1. The van der Waals surface area contributed by atoms with Crippen molar-refractivity contribution >= 4 is 23.1 Å². The van der Waals surface area contributed by atoms with Crippen LogP contribution in [-0.2, 0) is 0 Å². The van der Waals surface area contributed by atoms with E-state index in [1.54, 1.807) is 6.07 Å². The van der Waals surface area contributed by atoms with Gasteiger partial charge in [-0.05, 0) is 32.4 Å². The number of nitrogens with two attached hydrogens (primary N) is 1. The van der Waals surface area contributed by atoms with Crippen LogP contribution in [0.15, 0.2) is 12.1 Å². The highest BCUT2D eigenvalue weighted by molar-refractivity contribution is 8.00. The zero-order valence-electron chi connectivity index (χ0n) is 11.5. The monoisotopic (exact) mass is 284 g/mol. The SMILES string of the molecule is CCOc1cc(NCC2(C)CCCS2)c(N)cc1F. The third-order valence-electron chi connectivity index (χ3n) is 3.36. The van der Waals surface area contributed by atoms with E-state index in [2.05, 4.69) is 12.2 Å². The van der Waals surface area contributed by atoms with Gasteiger partial charge in [0, 0.05) is 23.4 Å². The van der Waals surface area contributed by atoms with Gasteiger partial charge in [0.05, 0.1) is 18.0 Å². The summed E-state index contributed by atoms with van der Waals surface area (Å²) in [6.45, 7) is 5.35. The first-order valence-corrected chi connectivity index (χ1v) is 7.62. The average Bonchev–Trinajstić information content (AvgIpc) is 2.79. The Morgan fingerprint density at radius 1 is 1.53 bits per heavy atom. The molecule has 0 radical (unpaired) electrons. The molecule has 1 heterocycles. The van der Waals surface area contributed by atoms with Gasteiger partial charge >= 0.3 is 0 Å². The second kappa shape index (κ2) is 5.90. The maximum atomic E-state index is 13.6. The standard InChI is InChI=1S/C14H21FN2OS/c1-3-18-13-8-12(11(16)7-10(13)15)17-9-14(2)5-4-6-19-14/h7-8,17H,3-6,9,16H2,1-2H3. The molecule has 1 fully saturated rings. The van der Waals surface area contributed by atoms with Crippen LogP contribution in [0.4, 0.5) is 15.8 Å². The quantitative estimate of drug-likeness (QED) is 0.812. The summed E-state index contributed by atoms with van der Waals surface area (Å²) in [5, 5.41) is 3.33. The van der Waals surface area contributed by atoms with Crippen molar-refractivity contribution in [3.8, 4) is 5.75 Å². The molecular formula is C14H21FN2OS. The molecule has 1 saturated heterocycles. The molecule has 2 rings (SSSR count). The molecule has 3 nitrogen and oxygen atoms in total. The molecule has 1 aliphatic heterocycles. The molecule has 0 spiro atoms. The van der Waals surface area contributed by atoms with Gasteiger partial charge in [-0.3, -0.25) is 0 Å². The molecule has 1 unspecified atom stereocenters. The van der Waals surface area contributed by atoms with Crippen LogP contribution in [0.3, 0.4) is 0 Å².